The van der Waals surface area contributed by atoms with Crippen LogP contribution in [0.5, 0.6) is 0 Å². The molecule has 3 amide bonds. The van der Waals surface area contributed by atoms with Crippen LogP contribution in [-0.4, -0.2) is 29.4 Å². The van der Waals surface area contributed by atoms with Crippen molar-refractivity contribution in [3.8, 4) is 0 Å². The molecule has 13 heavy (non-hydrogen) atoms. The summed E-state index contributed by atoms with van der Waals surface area (Å²) in [6, 6.07) is -0.301. The first-order chi connectivity index (χ1) is 6.27. The molecule has 0 aromatic rings. The number of nitrogens with one attached hydrogen (secondary N) is 1. The summed E-state index contributed by atoms with van der Waals surface area (Å²) in [5, 5.41) is 2.38. The minimum atomic E-state index is -0.176. The number of hydrogen-bond donors (Lipinski definition) is 1. The van der Waals surface area contributed by atoms with Crippen LogP contribution in [0, 0.1) is 11.8 Å². The lowest BCUT2D eigenvalue weighted by Crippen LogP contribution is -2.32. The molecule has 2 heterocycles. The summed E-state index contributed by atoms with van der Waals surface area (Å²) in [6.45, 7) is 0.799. The molecule has 1 aliphatic carbocycles. The second-order valence-corrected chi connectivity index (χ2v) is 4.25. The minimum Gasteiger partial charge on any atom is -0.312 e. The smallest absolute Gasteiger partial charge is 0.312 e. The van der Waals surface area contributed by atoms with E-state index >= 15 is 0 Å². The van der Waals surface area contributed by atoms with Crippen LogP contribution in [0.4, 0.5) is 4.79 Å². The van der Waals surface area contributed by atoms with Crippen LogP contribution in [0.15, 0.2) is 0 Å². The van der Waals surface area contributed by atoms with Crippen molar-refractivity contribution in [2.45, 2.75) is 25.3 Å². The van der Waals surface area contributed by atoms with Gasteiger partial charge in [-0.1, -0.05) is 6.42 Å². The topological polar surface area (TPSA) is 49.4 Å². The highest BCUT2D eigenvalue weighted by molar-refractivity contribution is 6.04. The van der Waals surface area contributed by atoms with E-state index in [2.05, 4.69) is 5.32 Å². The van der Waals surface area contributed by atoms with E-state index in [-0.39, 0.29) is 18.0 Å². The van der Waals surface area contributed by atoms with Gasteiger partial charge in [0.1, 0.15) is 6.04 Å². The molecular formula is C9H12N2O2. The summed E-state index contributed by atoms with van der Waals surface area (Å²) in [4.78, 5) is 24.4. The lowest BCUT2D eigenvalue weighted by Gasteiger charge is -2.14. The number of urea groups is 1. The Balaban J connectivity index is 1.95. The Bertz CT molecular complexity index is 289. The standard InChI is InChI=1S/C9H12N2O2/c12-8-7-6-3-1-2-5(6)4-11(7)9(13)10-8/h5-7H,1-4H2,(H,10,12,13). The van der Waals surface area contributed by atoms with Crippen molar-refractivity contribution >= 4 is 11.9 Å². The van der Waals surface area contributed by atoms with Crippen LogP contribution in [0.25, 0.3) is 0 Å². The summed E-state index contributed by atoms with van der Waals surface area (Å²) < 4.78 is 0. The van der Waals surface area contributed by atoms with Gasteiger partial charge in [0, 0.05) is 6.54 Å². The fourth-order valence-corrected chi connectivity index (χ4v) is 3.10. The van der Waals surface area contributed by atoms with Crippen molar-refractivity contribution in [2.24, 2.45) is 11.8 Å². The summed E-state index contributed by atoms with van der Waals surface area (Å²) in [6.07, 6.45) is 3.53. The molecule has 3 unspecified atom stereocenters. The Labute approximate surface area is 76.3 Å². The summed E-state index contributed by atoms with van der Waals surface area (Å²) in [5.41, 5.74) is 0. The van der Waals surface area contributed by atoms with Gasteiger partial charge in [0.2, 0.25) is 0 Å². The fourth-order valence-electron chi connectivity index (χ4n) is 3.10. The van der Waals surface area contributed by atoms with Crippen molar-refractivity contribution in [3.05, 3.63) is 0 Å². The van der Waals surface area contributed by atoms with Crippen LogP contribution in [0.3, 0.4) is 0 Å². The van der Waals surface area contributed by atoms with E-state index in [0.29, 0.717) is 11.8 Å². The summed E-state index contributed by atoms with van der Waals surface area (Å²) >= 11 is 0. The molecule has 0 spiro atoms. The predicted molar refractivity (Wildman–Crippen MR) is 44.9 cm³/mol. The lowest BCUT2D eigenvalue weighted by molar-refractivity contribution is -0.121. The van der Waals surface area contributed by atoms with E-state index in [9.17, 15) is 9.59 Å². The van der Waals surface area contributed by atoms with Gasteiger partial charge in [0.15, 0.2) is 0 Å². The molecule has 0 bridgehead atoms. The maximum Gasteiger partial charge on any atom is 0.324 e. The molecule has 70 valence electrons. The quantitative estimate of drug-likeness (QED) is 0.546. The first kappa shape index (κ1) is 7.35. The van der Waals surface area contributed by atoms with Crippen molar-refractivity contribution in [1.82, 2.24) is 10.2 Å². The molecule has 4 heteroatoms. The molecule has 1 saturated carbocycles. The number of hydrogen-bond acceptors (Lipinski definition) is 2. The third kappa shape index (κ3) is 0.806. The Morgan fingerprint density at radius 3 is 3.00 bits per heavy atom. The molecule has 0 radical (unpaired) electrons. The number of carbonyl (C=O) groups excluding carboxylic acids is 2. The number of imide groups is 1. The van der Waals surface area contributed by atoms with Gasteiger partial charge in [-0.2, -0.15) is 0 Å². The van der Waals surface area contributed by atoms with Gasteiger partial charge in [-0.25, -0.2) is 4.79 Å². The van der Waals surface area contributed by atoms with Gasteiger partial charge >= 0.3 is 6.03 Å². The highest BCUT2D eigenvalue weighted by Gasteiger charge is 2.53. The van der Waals surface area contributed by atoms with E-state index in [0.717, 1.165) is 13.0 Å². The van der Waals surface area contributed by atoms with Crippen molar-refractivity contribution in [1.29, 1.82) is 0 Å². The molecule has 3 rings (SSSR count). The van der Waals surface area contributed by atoms with Gasteiger partial charge in [-0.05, 0) is 24.7 Å². The van der Waals surface area contributed by atoms with Crippen molar-refractivity contribution in [3.63, 3.8) is 0 Å². The second-order valence-electron chi connectivity index (χ2n) is 4.25. The van der Waals surface area contributed by atoms with Crippen molar-refractivity contribution < 1.29 is 9.59 Å². The number of nitrogens with zero attached hydrogens (tertiary/aromatic N) is 1. The van der Waals surface area contributed by atoms with Crippen LogP contribution in [0.2, 0.25) is 0 Å². The number of carbonyl (C=O) groups is 2. The average Bonchev–Trinajstić information content (AvgIpc) is 2.63. The predicted octanol–water partition coefficient (Wildman–Crippen LogP) is 0.337. The molecule has 0 aromatic carbocycles. The highest BCUT2D eigenvalue weighted by Crippen LogP contribution is 2.43. The van der Waals surface area contributed by atoms with E-state index in [4.69, 9.17) is 0 Å². The average molecular weight is 180 g/mol. The molecular weight excluding hydrogens is 168 g/mol. The van der Waals surface area contributed by atoms with E-state index in [1.54, 1.807) is 4.90 Å². The van der Waals surface area contributed by atoms with Crippen LogP contribution in [-0.2, 0) is 4.79 Å². The van der Waals surface area contributed by atoms with Crippen LogP contribution >= 0.6 is 0 Å². The Morgan fingerprint density at radius 1 is 1.31 bits per heavy atom. The van der Waals surface area contributed by atoms with E-state index < -0.39 is 0 Å². The maximum absolute atomic E-state index is 11.4. The Kier molecular flexibility index (Phi) is 1.27. The van der Waals surface area contributed by atoms with Gasteiger partial charge in [-0.3, -0.25) is 10.1 Å². The van der Waals surface area contributed by atoms with E-state index in [1.807, 2.05) is 0 Å². The SMILES string of the molecule is O=C1NC(=O)N2CC3CCCC3C12. The third-order valence-corrected chi connectivity index (χ3v) is 3.65. The van der Waals surface area contributed by atoms with Gasteiger partial charge in [-0.15, -0.1) is 0 Å². The van der Waals surface area contributed by atoms with Gasteiger partial charge < -0.3 is 4.90 Å². The molecule has 1 N–H and O–H groups in total. The normalized spacial score (nSPS) is 42.2. The summed E-state index contributed by atoms with van der Waals surface area (Å²) in [7, 11) is 0. The lowest BCUT2D eigenvalue weighted by atomic mass is 9.94. The third-order valence-electron chi connectivity index (χ3n) is 3.65. The molecule has 3 fully saturated rings. The zero-order valence-electron chi connectivity index (χ0n) is 7.32. The van der Waals surface area contributed by atoms with Gasteiger partial charge in [0.05, 0.1) is 0 Å². The van der Waals surface area contributed by atoms with E-state index in [1.165, 1.54) is 12.8 Å². The highest BCUT2D eigenvalue weighted by atomic mass is 16.2. The maximum atomic E-state index is 11.4. The molecule has 3 atom stereocenters. The van der Waals surface area contributed by atoms with Crippen LogP contribution in [0.1, 0.15) is 19.3 Å². The summed E-state index contributed by atoms with van der Waals surface area (Å²) in [5.74, 6) is 0.978. The first-order valence-electron chi connectivity index (χ1n) is 4.89. The number of fused-ring (bicyclic) bond motifs is 3. The zero-order chi connectivity index (χ0) is 9.00. The first-order valence-corrected chi connectivity index (χ1v) is 4.89. The minimum absolute atomic E-state index is 0.0700. The van der Waals surface area contributed by atoms with Gasteiger partial charge in [0.25, 0.3) is 5.91 Å². The molecule has 2 aliphatic heterocycles. The largest absolute Gasteiger partial charge is 0.324 e. The zero-order valence-corrected chi connectivity index (χ0v) is 7.32. The second kappa shape index (κ2) is 2.25. The molecule has 3 aliphatic rings. The molecule has 2 saturated heterocycles. The Hall–Kier alpha value is -1.06. The number of amides is 3. The monoisotopic (exact) mass is 180 g/mol. The molecule has 4 nitrogen and oxygen atoms in total. The fraction of sp³-hybridized carbons (Fsp3) is 0.778. The van der Waals surface area contributed by atoms with Crippen LogP contribution < -0.4 is 5.32 Å². The Morgan fingerprint density at radius 2 is 2.15 bits per heavy atom. The van der Waals surface area contributed by atoms with Crippen molar-refractivity contribution in [2.75, 3.05) is 6.54 Å². The molecule has 0 aromatic heterocycles. The number of rotatable bonds is 0.